The van der Waals surface area contributed by atoms with Crippen molar-refractivity contribution in [3.05, 3.63) is 34.3 Å². The molecule has 0 radical (unpaired) electrons. The van der Waals surface area contributed by atoms with Gasteiger partial charge in [0.25, 0.3) is 0 Å². The van der Waals surface area contributed by atoms with Gasteiger partial charge in [0.15, 0.2) is 0 Å². The summed E-state index contributed by atoms with van der Waals surface area (Å²) in [4.78, 5) is 0. The highest BCUT2D eigenvalue weighted by Crippen LogP contribution is 2.24. The lowest BCUT2D eigenvalue weighted by Crippen LogP contribution is -2.21. The van der Waals surface area contributed by atoms with Crippen LogP contribution in [0, 0.1) is 0 Å². The second-order valence-electron chi connectivity index (χ2n) is 5.16. The van der Waals surface area contributed by atoms with Gasteiger partial charge in [-0.2, -0.15) is 0 Å². The van der Waals surface area contributed by atoms with Gasteiger partial charge in [-0.25, -0.2) is 0 Å². The monoisotopic (exact) mass is 318 g/mol. The normalized spacial score (nSPS) is 13.7. The van der Waals surface area contributed by atoms with Crippen molar-refractivity contribution in [1.82, 2.24) is 0 Å². The first-order valence-electron chi connectivity index (χ1n) is 5.88. The molecule has 0 bridgehead atoms. The minimum atomic E-state index is -0.0753. The van der Waals surface area contributed by atoms with Gasteiger partial charge in [0.2, 0.25) is 0 Å². The molecule has 3 heteroatoms. The van der Waals surface area contributed by atoms with Crippen LogP contribution in [0.5, 0.6) is 0 Å². The summed E-state index contributed by atoms with van der Waals surface area (Å²) in [6, 6.07) is 8.32. The molecule has 0 aromatic heterocycles. The summed E-state index contributed by atoms with van der Waals surface area (Å²) in [5.41, 5.74) is 1.19. The number of hydrogen-bond acceptors (Lipinski definition) is 1. The molecule has 0 heterocycles. The van der Waals surface area contributed by atoms with Gasteiger partial charge < -0.3 is 4.74 Å². The van der Waals surface area contributed by atoms with Crippen molar-refractivity contribution in [1.29, 1.82) is 0 Å². The maximum atomic E-state index is 6.03. The van der Waals surface area contributed by atoms with Gasteiger partial charge >= 0.3 is 0 Å². The maximum Gasteiger partial charge on any atom is 0.0598 e. The first-order chi connectivity index (χ1) is 7.92. The molecule has 0 aliphatic heterocycles. The smallest absolute Gasteiger partial charge is 0.0598 e. The summed E-state index contributed by atoms with van der Waals surface area (Å²) < 4.78 is 6.84. The summed E-state index contributed by atoms with van der Waals surface area (Å²) in [6.07, 6.45) is 0.956. The predicted octanol–water partition coefficient (Wildman–Crippen LogP) is 4.98. The molecule has 0 N–H and O–H groups in total. The lowest BCUT2D eigenvalue weighted by atomic mass is 9.98. The van der Waals surface area contributed by atoms with Crippen molar-refractivity contribution in [3.8, 4) is 0 Å². The van der Waals surface area contributed by atoms with E-state index in [1.54, 1.807) is 0 Å². The van der Waals surface area contributed by atoms with Crippen molar-refractivity contribution < 1.29 is 4.74 Å². The standard InChI is InChI=1S/C14H20BrClO/c1-14(2,3)17-8-7-12(10-16)11-5-4-6-13(15)9-11/h4-6,9,12H,7-8,10H2,1-3H3. The molecule has 0 fully saturated rings. The van der Waals surface area contributed by atoms with Gasteiger partial charge in [-0.1, -0.05) is 28.1 Å². The highest BCUT2D eigenvalue weighted by atomic mass is 79.9. The zero-order valence-electron chi connectivity index (χ0n) is 10.7. The Labute approximate surface area is 118 Å². The molecule has 0 saturated carbocycles. The second-order valence-corrected chi connectivity index (χ2v) is 6.38. The van der Waals surface area contributed by atoms with E-state index in [0.717, 1.165) is 17.5 Å². The van der Waals surface area contributed by atoms with Crippen LogP contribution >= 0.6 is 27.5 Å². The Morgan fingerprint density at radius 3 is 2.59 bits per heavy atom. The summed E-state index contributed by atoms with van der Waals surface area (Å²) in [5, 5.41) is 0. The third-order valence-electron chi connectivity index (χ3n) is 2.51. The minimum absolute atomic E-state index is 0.0753. The Hall–Kier alpha value is -0.0500. The molecule has 1 nitrogen and oxygen atoms in total. The molecule has 1 rings (SSSR count). The quantitative estimate of drug-likeness (QED) is 0.696. The molecule has 1 atom stereocenters. The average Bonchev–Trinajstić information content (AvgIpc) is 2.23. The van der Waals surface area contributed by atoms with Crippen LogP contribution in [0.2, 0.25) is 0 Å². The third-order valence-corrected chi connectivity index (χ3v) is 3.37. The molecular weight excluding hydrogens is 300 g/mol. The van der Waals surface area contributed by atoms with E-state index in [-0.39, 0.29) is 5.60 Å². The third kappa shape index (κ3) is 5.89. The van der Waals surface area contributed by atoms with Gasteiger partial charge in [0.1, 0.15) is 0 Å². The minimum Gasteiger partial charge on any atom is -0.376 e. The fourth-order valence-electron chi connectivity index (χ4n) is 1.60. The number of benzene rings is 1. The molecule has 1 unspecified atom stereocenters. The summed E-state index contributed by atoms with van der Waals surface area (Å²) in [5.74, 6) is 0.987. The van der Waals surface area contributed by atoms with Crippen LogP contribution in [-0.4, -0.2) is 18.1 Å². The van der Waals surface area contributed by atoms with E-state index in [0.29, 0.717) is 11.8 Å². The molecule has 0 saturated heterocycles. The van der Waals surface area contributed by atoms with Crippen molar-refractivity contribution in [2.24, 2.45) is 0 Å². The van der Waals surface area contributed by atoms with Crippen LogP contribution in [0.1, 0.15) is 38.7 Å². The average molecular weight is 320 g/mol. The van der Waals surface area contributed by atoms with E-state index in [2.05, 4.69) is 48.8 Å². The molecule has 0 amide bonds. The molecule has 0 aliphatic rings. The fourth-order valence-corrected chi connectivity index (χ4v) is 2.35. The van der Waals surface area contributed by atoms with Crippen molar-refractivity contribution in [3.63, 3.8) is 0 Å². The molecule has 17 heavy (non-hydrogen) atoms. The van der Waals surface area contributed by atoms with Crippen LogP contribution in [-0.2, 0) is 4.74 Å². The van der Waals surface area contributed by atoms with Gasteiger partial charge in [-0.05, 0) is 50.8 Å². The van der Waals surface area contributed by atoms with E-state index >= 15 is 0 Å². The Morgan fingerprint density at radius 2 is 2.06 bits per heavy atom. The maximum absolute atomic E-state index is 6.03. The van der Waals surface area contributed by atoms with Crippen LogP contribution in [0.3, 0.4) is 0 Å². The Morgan fingerprint density at radius 1 is 1.35 bits per heavy atom. The fraction of sp³-hybridized carbons (Fsp3) is 0.571. The van der Waals surface area contributed by atoms with E-state index in [9.17, 15) is 0 Å². The molecule has 0 aliphatic carbocycles. The molecule has 1 aromatic rings. The van der Waals surface area contributed by atoms with Gasteiger partial charge in [0.05, 0.1) is 5.60 Å². The highest BCUT2D eigenvalue weighted by molar-refractivity contribution is 9.10. The topological polar surface area (TPSA) is 9.23 Å². The SMILES string of the molecule is CC(C)(C)OCCC(CCl)c1cccc(Br)c1. The lowest BCUT2D eigenvalue weighted by Gasteiger charge is -2.22. The number of ether oxygens (including phenoxy) is 1. The highest BCUT2D eigenvalue weighted by Gasteiger charge is 2.14. The van der Waals surface area contributed by atoms with E-state index in [1.165, 1.54) is 5.56 Å². The first-order valence-corrected chi connectivity index (χ1v) is 7.20. The molecule has 96 valence electrons. The van der Waals surface area contributed by atoms with Gasteiger partial charge in [0, 0.05) is 17.0 Å². The number of halogens is 2. The van der Waals surface area contributed by atoms with Crippen LogP contribution in [0.15, 0.2) is 28.7 Å². The lowest BCUT2D eigenvalue weighted by molar-refractivity contribution is -0.00565. The summed E-state index contributed by atoms with van der Waals surface area (Å²) in [7, 11) is 0. The van der Waals surface area contributed by atoms with Crippen molar-refractivity contribution in [2.75, 3.05) is 12.5 Å². The van der Waals surface area contributed by atoms with Crippen LogP contribution in [0.25, 0.3) is 0 Å². The molecule has 0 spiro atoms. The van der Waals surface area contributed by atoms with Gasteiger partial charge in [-0.15, -0.1) is 11.6 Å². The largest absolute Gasteiger partial charge is 0.376 e. The Bertz CT molecular complexity index is 346. The van der Waals surface area contributed by atoms with Crippen molar-refractivity contribution >= 4 is 27.5 Å². The zero-order chi connectivity index (χ0) is 12.9. The van der Waals surface area contributed by atoms with E-state index in [1.807, 2.05) is 12.1 Å². The molecular formula is C14H20BrClO. The van der Waals surface area contributed by atoms with Gasteiger partial charge in [-0.3, -0.25) is 0 Å². The van der Waals surface area contributed by atoms with Crippen LogP contribution in [0.4, 0.5) is 0 Å². The van der Waals surface area contributed by atoms with Crippen molar-refractivity contribution in [2.45, 2.75) is 38.7 Å². The Kier molecular flexibility index (Phi) is 5.98. The second kappa shape index (κ2) is 6.77. The number of hydrogen-bond donors (Lipinski definition) is 0. The summed E-state index contributed by atoms with van der Waals surface area (Å²) in [6.45, 7) is 6.96. The number of rotatable bonds is 5. The predicted molar refractivity (Wildman–Crippen MR) is 77.9 cm³/mol. The Balaban J connectivity index is 2.54. The van der Waals surface area contributed by atoms with E-state index < -0.39 is 0 Å². The first kappa shape index (κ1) is 15.0. The zero-order valence-corrected chi connectivity index (χ0v) is 13.0. The van der Waals surface area contributed by atoms with Crippen LogP contribution < -0.4 is 0 Å². The van der Waals surface area contributed by atoms with E-state index in [4.69, 9.17) is 16.3 Å². The molecule has 1 aromatic carbocycles. The summed E-state index contributed by atoms with van der Waals surface area (Å²) >= 11 is 9.52. The number of alkyl halides is 1.